The van der Waals surface area contributed by atoms with Crippen molar-refractivity contribution >= 4 is 42.3 Å². The Kier molecular flexibility index (Phi) is 5.36. The van der Waals surface area contributed by atoms with Crippen molar-refractivity contribution in [2.45, 2.75) is 20.0 Å². The molecule has 0 radical (unpaired) electrons. The maximum atomic E-state index is 12.8. The predicted molar refractivity (Wildman–Crippen MR) is 133 cm³/mol. The van der Waals surface area contributed by atoms with Crippen LogP contribution < -0.4 is 25.7 Å². The van der Waals surface area contributed by atoms with E-state index in [9.17, 15) is 4.79 Å². The number of carbonyl (C=O) groups is 1. The van der Waals surface area contributed by atoms with E-state index in [0.717, 1.165) is 16.4 Å². The van der Waals surface area contributed by atoms with Crippen LogP contribution in [0.2, 0.25) is 13.1 Å². The number of benzene rings is 3. The van der Waals surface area contributed by atoms with Gasteiger partial charge in [-0.1, -0.05) is 62.1 Å². The minimum atomic E-state index is -1.98. The molecule has 0 aromatic heterocycles. The summed E-state index contributed by atoms with van der Waals surface area (Å²) in [4.78, 5) is 15.0. The number of nitrogens with zero attached hydrogens (tertiary/aromatic N) is 1. The van der Waals surface area contributed by atoms with E-state index >= 15 is 0 Å². The van der Waals surface area contributed by atoms with E-state index in [-0.39, 0.29) is 5.97 Å². The molecule has 31 heavy (non-hydrogen) atoms. The lowest BCUT2D eigenvalue weighted by molar-refractivity contribution is 0.0526. The maximum absolute atomic E-state index is 12.8. The van der Waals surface area contributed by atoms with Crippen molar-refractivity contribution in [1.29, 1.82) is 0 Å². The van der Waals surface area contributed by atoms with Gasteiger partial charge < -0.3 is 9.64 Å². The Hall–Kier alpha value is -3.11. The van der Waals surface area contributed by atoms with E-state index in [1.807, 2.05) is 31.2 Å². The molecule has 0 saturated heterocycles. The molecular weight excluding hydrogens is 398 g/mol. The van der Waals surface area contributed by atoms with Crippen molar-refractivity contribution in [3.05, 3.63) is 87.8 Å². The topological polar surface area (TPSA) is 29.5 Å². The van der Waals surface area contributed by atoms with Gasteiger partial charge in [0, 0.05) is 19.8 Å². The van der Waals surface area contributed by atoms with Gasteiger partial charge in [0.05, 0.1) is 12.2 Å². The number of ether oxygens (including phenoxy) is 1. The molecule has 3 aromatic rings. The highest BCUT2D eigenvalue weighted by atomic mass is 28.3. The number of hydrogen-bond acceptors (Lipinski definition) is 3. The highest BCUT2D eigenvalue weighted by molar-refractivity contribution is 7.01. The summed E-state index contributed by atoms with van der Waals surface area (Å²) in [6.45, 7) is 11.2. The second-order valence-electron chi connectivity index (χ2n) is 8.77. The number of rotatable bonds is 4. The van der Waals surface area contributed by atoms with Gasteiger partial charge in [-0.3, -0.25) is 0 Å². The molecule has 0 N–H and O–H groups in total. The molecular formula is C27H29NO2Si. The van der Waals surface area contributed by atoms with Crippen LogP contribution in [0.1, 0.15) is 28.4 Å². The van der Waals surface area contributed by atoms with Gasteiger partial charge in [0.15, 0.2) is 0 Å². The molecule has 3 aromatic carbocycles. The van der Waals surface area contributed by atoms with Crippen LogP contribution >= 0.6 is 0 Å². The van der Waals surface area contributed by atoms with Crippen LogP contribution in [0.4, 0.5) is 5.69 Å². The molecule has 0 amide bonds. The van der Waals surface area contributed by atoms with Crippen LogP contribution in [0.15, 0.2) is 60.7 Å². The van der Waals surface area contributed by atoms with Gasteiger partial charge >= 0.3 is 5.97 Å². The van der Waals surface area contributed by atoms with Crippen molar-refractivity contribution in [2.24, 2.45) is 0 Å². The van der Waals surface area contributed by atoms with Crippen molar-refractivity contribution < 1.29 is 9.53 Å². The Morgan fingerprint density at radius 1 is 0.968 bits per heavy atom. The molecule has 3 nitrogen and oxygen atoms in total. The van der Waals surface area contributed by atoms with Crippen molar-refractivity contribution in [3.63, 3.8) is 0 Å². The molecule has 0 aliphatic carbocycles. The summed E-state index contributed by atoms with van der Waals surface area (Å²) < 4.78 is 5.39. The lowest BCUT2D eigenvalue weighted by Gasteiger charge is -2.34. The fraction of sp³-hybridized carbons (Fsp3) is 0.222. The highest BCUT2D eigenvalue weighted by Crippen LogP contribution is 2.29. The zero-order valence-corrected chi connectivity index (χ0v) is 20.0. The van der Waals surface area contributed by atoms with Crippen LogP contribution in [-0.4, -0.2) is 34.7 Å². The van der Waals surface area contributed by atoms with Crippen LogP contribution in [-0.2, 0) is 4.74 Å². The summed E-state index contributed by atoms with van der Waals surface area (Å²) in [7, 11) is 2.16. The molecule has 4 rings (SSSR count). The average molecular weight is 428 g/mol. The molecule has 0 fully saturated rings. The standard InChI is InChI=1S/C27H29NO2Si/c1-7-30-27(29)21-11-9-8-10-20(21)26-22-14-12-18(2)16-24(22)31(5,6)25-17-19(28(3)4)13-15-23(25)26/h8-17H,2,7H2,1,3-6H3. The molecule has 1 aliphatic heterocycles. The summed E-state index contributed by atoms with van der Waals surface area (Å²) in [5.74, 6) is -0.283. The smallest absolute Gasteiger partial charge is 0.338 e. The first-order valence-electron chi connectivity index (χ1n) is 10.7. The molecule has 0 bridgehead atoms. The summed E-state index contributed by atoms with van der Waals surface area (Å²) in [5.41, 5.74) is 5.02. The summed E-state index contributed by atoms with van der Waals surface area (Å²) in [5, 5.41) is 4.96. The lowest BCUT2D eigenvalue weighted by atomic mass is 9.91. The molecule has 0 unspecified atom stereocenters. The highest BCUT2D eigenvalue weighted by Gasteiger charge is 2.36. The fourth-order valence-corrected chi connectivity index (χ4v) is 7.65. The van der Waals surface area contributed by atoms with E-state index in [2.05, 4.69) is 75.1 Å². The van der Waals surface area contributed by atoms with E-state index in [0.29, 0.717) is 12.2 Å². The van der Waals surface area contributed by atoms with Gasteiger partial charge in [0.25, 0.3) is 0 Å². The number of fused-ring (bicyclic) bond motifs is 2. The largest absolute Gasteiger partial charge is 0.462 e. The second kappa shape index (κ2) is 7.86. The van der Waals surface area contributed by atoms with Gasteiger partial charge in [-0.25, -0.2) is 4.79 Å². The molecule has 0 atom stereocenters. The summed E-state index contributed by atoms with van der Waals surface area (Å²) >= 11 is 0. The van der Waals surface area contributed by atoms with Crippen LogP contribution in [0, 0.1) is 0 Å². The monoisotopic (exact) mass is 427 g/mol. The first kappa shape index (κ1) is 21.1. The molecule has 1 aliphatic rings. The summed E-state index contributed by atoms with van der Waals surface area (Å²) in [6.07, 6.45) is 0. The van der Waals surface area contributed by atoms with E-state index in [1.54, 1.807) is 0 Å². The number of anilines is 1. The SMILES string of the molecule is C=c1ccc2c(c1)[Si](C)(C)c1cc(N(C)C)ccc1C=2c1ccccc1C(=O)OCC. The van der Waals surface area contributed by atoms with Crippen molar-refractivity contribution in [2.75, 3.05) is 25.6 Å². The normalized spacial score (nSPS) is 13.9. The van der Waals surface area contributed by atoms with Crippen LogP contribution in [0.25, 0.3) is 12.2 Å². The Labute approximate surface area is 185 Å². The molecule has 4 heteroatoms. The third kappa shape index (κ3) is 3.51. The van der Waals surface area contributed by atoms with E-state index < -0.39 is 8.07 Å². The number of esters is 1. The van der Waals surface area contributed by atoms with Crippen molar-refractivity contribution in [3.8, 4) is 0 Å². The van der Waals surface area contributed by atoms with Gasteiger partial charge in [-0.2, -0.15) is 0 Å². The van der Waals surface area contributed by atoms with Crippen molar-refractivity contribution in [1.82, 2.24) is 0 Å². The van der Waals surface area contributed by atoms with E-state index in [4.69, 9.17) is 4.74 Å². The lowest BCUT2D eigenvalue weighted by Crippen LogP contribution is -2.63. The zero-order valence-electron chi connectivity index (χ0n) is 19.0. The van der Waals surface area contributed by atoms with Crippen LogP contribution in [0.5, 0.6) is 0 Å². The minimum absolute atomic E-state index is 0.283. The van der Waals surface area contributed by atoms with E-state index in [1.165, 1.54) is 26.8 Å². The van der Waals surface area contributed by atoms with Gasteiger partial charge in [0.1, 0.15) is 8.07 Å². The quantitative estimate of drug-likeness (QED) is 0.474. The van der Waals surface area contributed by atoms with Gasteiger partial charge in [-0.15, -0.1) is 0 Å². The minimum Gasteiger partial charge on any atom is -0.462 e. The Morgan fingerprint density at radius 3 is 2.42 bits per heavy atom. The molecule has 1 heterocycles. The Balaban J connectivity index is 2.14. The molecule has 158 valence electrons. The Bertz CT molecular complexity index is 1290. The predicted octanol–water partition coefficient (Wildman–Crippen LogP) is 2.72. The fourth-order valence-electron chi connectivity index (χ4n) is 4.54. The summed E-state index contributed by atoms with van der Waals surface area (Å²) in [6, 6.07) is 21.0. The first-order valence-corrected chi connectivity index (χ1v) is 13.7. The number of hydrogen-bond donors (Lipinski definition) is 0. The van der Waals surface area contributed by atoms with Gasteiger partial charge in [-0.05, 0) is 62.6 Å². The second-order valence-corrected chi connectivity index (χ2v) is 13.1. The zero-order chi connectivity index (χ0) is 22.3. The van der Waals surface area contributed by atoms with Crippen LogP contribution in [0.3, 0.4) is 0 Å². The average Bonchev–Trinajstić information content (AvgIpc) is 2.74. The Morgan fingerprint density at radius 2 is 1.71 bits per heavy atom. The molecule has 0 saturated carbocycles. The number of carbonyl (C=O) groups excluding carboxylic acids is 1. The third-order valence-electron chi connectivity index (χ3n) is 6.18. The van der Waals surface area contributed by atoms with Gasteiger partial charge in [0.2, 0.25) is 0 Å². The third-order valence-corrected chi connectivity index (χ3v) is 9.70. The molecule has 0 spiro atoms. The maximum Gasteiger partial charge on any atom is 0.338 e. The first-order chi connectivity index (χ1) is 14.8.